The lowest BCUT2D eigenvalue weighted by Gasteiger charge is -2.11. The van der Waals surface area contributed by atoms with Crippen LogP contribution >= 0.6 is 11.6 Å². The van der Waals surface area contributed by atoms with Crippen molar-refractivity contribution in [1.82, 2.24) is 0 Å². The van der Waals surface area contributed by atoms with Gasteiger partial charge in [0, 0.05) is 23.1 Å². The molecule has 3 aromatic carbocycles. The molecule has 170 valence electrons. The standard InChI is InChI=1S/C22H18ClN3O6S/c1-13-5-3-8-17(20(13)26(29)30)22(28)24-15-9-10-19(18(23)12-15)25-21(27)14-6-4-7-16(11-14)33(2,31)32/h3-12H,1-2H3,(H,24,28)(H,25,27). The number of hydrogen-bond acceptors (Lipinski definition) is 6. The van der Waals surface area contributed by atoms with E-state index in [-0.39, 0.29) is 38.1 Å². The summed E-state index contributed by atoms with van der Waals surface area (Å²) in [5.41, 5.74) is 0.575. The first-order valence-corrected chi connectivity index (χ1v) is 11.7. The number of aryl methyl sites for hydroxylation is 1. The van der Waals surface area contributed by atoms with Gasteiger partial charge in [0.1, 0.15) is 5.56 Å². The molecule has 0 atom stereocenters. The molecule has 33 heavy (non-hydrogen) atoms. The van der Waals surface area contributed by atoms with Crippen molar-refractivity contribution in [2.45, 2.75) is 11.8 Å². The summed E-state index contributed by atoms with van der Waals surface area (Å²) < 4.78 is 23.4. The quantitative estimate of drug-likeness (QED) is 0.389. The zero-order valence-electron chi connectivity index (χ0n) is 17.5. The maximum Gasteiger partial charge on any atom is 0.285 e. The average Bonchev–Trinajstić information content (AvgIpc) is 2.74. The number of para-hydroxylation sites is 1. The molecule has 9 nitrogen and oxygen atoms in total. The van der Waals surface area contributed by atoms with Crippen molar-refractivity contribution in [3.63, 3.8) is 0 Å². The second-order valence-electron chi connectivity index (χ2n) is 7.13. The van der Waals surface area contributed by atoms with Crippen LogP contribution in [0.4, 0.5) is 17.1 Å². The number of nitrogens with zero attached hydrogens (tertiary/aromatic N) is 1. The third kappa shape index (κ3) is 5.54. The number of carbonyl (C=O) groups excluding carboxylic acids is 2. The van der Waals surface area contributed by atoms with Crippen molar-refractivity contribution in [2.75, 3.05) is 16.9 Å². The van der Waals surface area contributed by atoms with Crippen LogP contribution in [0.15, 0.2) is 65.6 Å². The van der Waals surface area contributed by atoms with Crippen molar-refractivity contribution >= 4 is 50.3 Å². The molecular weight excluding hydrogens is 470 g/mol. The molecule has 0 aromatic heterocycles. The minimum Gasteiger partial charge on any atom is -0.322 e. The van der Waals surface area contributed by atoms with Gasteiger partial charge in [-0.1, -0.05) is 29.8 Å². The number of carbonyl (C=O) groups is 2. The molecule has 0 fully saturated rings. The minimum absolute atomic E-state index is 0.00421. The van der Waals surface area contributed by atoms with Crippen molar-refractivity contribution in [3.05, 3.63) is 92.5 Å². The molecule has 0 unspecified atom stereocenters. The second kappa shape index (κ2) is 9.39. The Kier molecular flexibility index (Phi) is 6.80. The van der Waals surface area contributed by atoms with E-state index < -0.39 is 26.6 Å². The summed E-state index contributed by atoms with van der Waals surface area (Å²) in [7, 11) is -3.48. The molecule has 0 bridgehead atoms. The van der Waals surface area contributed by atoms with Crippen molar-refractivity contribution in [3.8, 4) is 0 Å². The first-order chi connectivity index (χ1) is 15.5. The summed E-state index contributed by atoms with van der Waals surface area (Å²) in [5, 5.41) is 16.6. The first-order valence-electron chi connectivity index (χ1n) is 9.44. The lowest BCUT2D eigenvalue weighted by molar-refractivity contribution is -0.385. The Morgan fingerprint density at radius 1 is 0.970 bits per heavy atom. The average molecular weight is 488 g/mol. The van der Waals surface area contributed by atoms with Crippen LogP contribution in [0, 0.1) is 17.0 Å². The third-order valence-corrected chi connectivity index (χ3v) is 6.09. The molecule has 0 aliphatic rings. The Labute approximate surface area is 194 Å². The van der Waals surface area contributed by atoms with Crippen LogP contribution in [0.5, 0.6) is 0 Å². The summed E-state index contributed by atoms with van der Waals surface area (Å²) in [5.74, 6) is -1.26. The predicted molar refractivity (Wildman–Crippen MR) is 125 cm³/mol. The van der Waals surface area contributed by atoms with E-state index in [0.29, 0.717) is 5.56 Å². The third-order valence-electron chi connectivity index (χ3n) is 4.66. The molecule has 2 N–H and O–H groups in total. The number of benzene rings is 3. The predicted octanol–water partition coefficient (Wildman–Crippen LogP) is 4.46. The molecule has 3 aromatic rings. The summed E-state index contributed by atoms with van der Waals surface area (Å²) in [6.45, 7) is 1.54. The van der Waals surface area contributed by atoms with E-state index in [1.165, 1.54) is 61.5 Å². The number of nitrogens with one attached hydrogen (secondary N) is 2. The highest BCUT2D eigenvalue weighted by atomic mass is 35.5. The van der Waals surface area contributed by atoms with Crippen LogP contribution in [0.25, 0.3) is 0 Å². The van der Waals surface area contributed by atoms with E-state index in [2.05, 4.69) is 10.6 Å². The van der Waals surface area contributed by atoms with Crippen LogP contribution in [0.3, 0.4) is 0 Å². The Morgan fingerprint density at radius 3 is 2.30 bits per heavy atom. The molecule has 0 aliphatic carbocycles. The Hall–Kier alpha value is -3.76. The lowest BCUT2D eigenvalue weighted by atomic mass is 10.1. The number of hydrogen-bond donors (Lipinski definition) is 2. The molecule has 0 spiro atoms. The van der Waals surface area contributed by atoms with Crippen LogP contribution in [-0.4, -0.2) is 31.4 Å². The number of nitro benzene ring substituents is 1. The molecule has 3 rings (SSSR count). The van der Waals surface area contributed by atoms with Gasteiger partial charge in [-0.2, -0.15) is 0 Å². The van der Waals surface area contributed by atoms with E-state index in [4.69, 9.17) is 11.6 Å². The van der Waals surface area contributed by atoms with E-state index in [1.54, 1.807) is 6.07 Å². The Bertz CT molecular complexity index is 1390. The largest absolute Gasteiger partial charge is 0.322 e. The van der Waals surface area contributed by atoms with E-state index in [0.717, 1.165) is 6.26 Å². The second-order valence-corrected chi connectivity index (χ2v) is 9.55. The van der Waals surface area contributed by atoms with Gasteiger partial charge >= 0.3 is 0 Å². The van der Waals surface area contributed by atoms with Gasteiger partial charge in [-0.15, -0.1) is 0 Å². The summed E-state index contributed by atoms with van der Waals surface area (Å²) >= 11 is 6.23. The minimum atomic E-state index is -3.48. The van der Waals surface area contributed by atoms with Gasteiger partial charge in [-0.05, 0) is 49.4 Å². The summed E-state index contributed by atoms with van der Waals surface area (Å²) in [6, 6.07) is 14.3. The smallest absolute Gasteiger partial charge is 0.285 e. The van der Waals surface area contributed by atoms with E-state index in [9.17, 15) is 28.1 Å². The van der Waals surface area contributed by atoms with Crippen molar-refractivity contribution in [1.29, 1.82) is 0 Å². The highest BCUT2D eigenvalue weighted by Gasteiger charge is 2.22. The van der Waals surface area contributed by atoms with Gasteiger partial charge < -0.3 is 10.6 Å². The number of nitro groups is 1. The zero-order valence-corrected chi connectivity index (χ0v) is 19.0. The highest BCUT2D eigenvalue weighted by Crippen LogP contribution is 2.28. The number of halogens is 1. The molecule has 0 radical (unpaired) electrons. The highest BCUT2D eigenvalue weighted by molar-refractivity contribution is 7.90. The monoisotopic (exact) mass is 487 g/mol. The van der Waals surface area contributed by atoms with E-state index >= 15 is 0 Å². The fourth-order valence-corrected chi connectivity index (χ4v) is 3.93. The Balaban J connectivity index is 1.79. The summed E-state index contributed by atoms with van der Waals surface area (Å²) in [4.78, 5) is 35.8. The van der Waals surface area contributed by atoms with Crippen molar-refractivity contribution < 1.29 is 22.9 Å². The number of anilines is 2. The summed E-state index contributed by atoms with van der Waals surface area (Å²) in [6.07, 6.45) is 1.04. The van der Waals surface area contributed by atoms with E-state index in [1.807, 2.05) is 0 Å². The Morgan fingerprint density at radius 2 is 1.67 bits per heavy atom. The molecule has 0 saturated carbocycles. The number of rotatable bonds is 6. The fourth-order valence-electron chi connectivity index (χ4n) is 3.04. The molecule has 11 heteroatoms. The van der Waals surface area contributed by atoms with Gasteiger partial charge in [0.2, 0.25) is 0 Å². The SMILES string of the molecule is Cc1cccc(C(=O)Nc2ccc(NC(=O)c3cccc(S(C)(=O)=O)c3)c(Cl)c2)c1[N+](=O)[O-]. The molecule has 0 heterocycles. The number of amides is 2. The van der Waals surface area contributed by atoms with Gasteiger partial charge in [0.15, 0.2) is 9.84 Å². The van der Waals surface area contributed by atoms with Crippen LogP contribution < -0.4 is 10.6 Å². The zero-order chi connectivity index (χ0) is 24.3. The van der Waals surface area contributed by atoms with Crippen LogP contribution in [0.2, 0.25) is 5.02 Å². The maximum absolute atomic E-state index is 12.6. The molecule has 0 saturated heterocycles. The van der Waals surface area contributed by atoms with Crippen molar-refractivity contribution in [2.24, 2.45) is 0 Å². The molecule has 2 amide bonds. The first kappa shape index (κ1) is 23.9. The van der Waals surface area contributed by atoms with Crippen LogP contribution in [0.1, 0.15) is 26.3 Å². The molecular formula is C22H18ClN3O6S. The fraction of sp³-hybridized carbons (Fsp3) is 0.0909. The number of sulfone groups is 1. The normalized spacial score (nSPS) is 11.0. The van der Waals surface area contributed by atoms with Gasteiger partial charge in [0.25, 0.3) is 17.5 Å². The van der Waals surface area contributed by atoms with Gasteiger partial charge in [-0.25, -0.2) is 8.42 Å². The van der Waals surface area contributed by atoms with Crippen LogP contribution in [-0.2, 0) is 9.84 Å². The lowest BCUT2D eigenvalue weighted by Crippen LogP contribution is -2.15. The van der Waals surface area contributed by atoms with Gasteiger partial charge in [0.05, 0.1) is 20.5 Å². The van der Waals surface area contributed by atoms with Gasteiger partial charge in [-0.3, -0.25) is 19.7 Å². The topological polar surface area (TPSA) is 135 Å². The molecule has 0 aliphatic heterocycles. The maximum atomic E-state index is 12.6.